The lowest BCUT2D eigenvalue weighted by atomic mass is 9.91. The fraction of sp³-hybridized carbons (Fsp3) is 0.333. The summed E-state index contributed by atoms with van der Waals surface area (Å²) in [5.74, 6) is -0.611. The van der Waals surface area contributed by atoms with Crippen molar-refractivity contribution in [3.8, 4) is 5.75 Å². The molecule has 0 aromatic heterocycles. The van der Waals surface area contributed by atoms with Gasteiger partial charge in [0.2, 0.25) is 0 Å². The van der Waals surface area contributed by atoms with Crippen molar-refractivity contribution in [2.24, 2.45) is 5.73 Å². The maximum atomic E-state index is 13.9. The van der Waals surface area contributed by atoms with E-state index in [2.05, 4.69) is 0 Å². The van der Waals surface area contributed by atoms with Crippen molar-refractivity contribution in [3.63, 3.8) is 0 Å². The van der Waals surface area contributed by atoms with E-state index in [0.29, 0.717) is 23.8 Å². The summed E-state index contributed by atoms with van der Waals surface area (Å²) >= 11 is 6.20. The van der Waals surface area contributed by atoms with Gasteiger partial charge in [0.25, 0.3) is 0 Å². The second-order valence-corrected chi connectivity index (χ2v) is 5.82. The zero-order valence-corrected chi connectivity index (χ0v) is 13.7. The standard InChI is InChI=1S/C18H20ClF2NO/c1-2-7-23-18-6-3-12(9-16(18)19)8-13(11-22)15-10-14(20)4-5-17(15)21/h3-6,9-10,13H,2,7-8,11,22H2,1H3. The van der Waals surface area contributed by atoms with Crippen molar-refractivity contribution in [1.82, 2.24) is 0 Å². The van der Waals surface area contributed by atoms with E-state index in [9.17, 15) is 8.78 Å². The van der Waals surface area contributed by atoms with Crippen LogP contribution in [0.1, 0.15) is 30.4 Å². The van der Waals surface area contributed by atoms with Gasteiger partial charge < -0.3 is 10.5 Å². The Kier molecular flexibility index (Phi) is 6.37. The van der Waals surface area contributed by atoms with Crippen LogP contribution in [-0.2, 0) is 6.42 Å². The quantitative estimate of drug-likeness (QED) is 0.794. The summed E-state index contributed by atoms with van der Waals surface area (Å²) in [6.45, 7) is 2.83. The van der Waals surface area contributed by atoms with Crippen molar-refractivity contribution < 1.29 is 13.5 Å². The maximum Gasteiger partial charge on any atom is 0.137 e. The summed E-state index contributed by atoms with van der Waals surface area (Å²) < 4.78 is 32.8. The van der Waals surface area contributed by atoms with Crippen LogP contribution >= 0.6 is 11.6 Å². The van der Waals surface area contributed by atoms with Crippen molar-refractivity contribution in [3.05, 3.63) is 64.2 Å². The van der Waals surface area contributed by atoms with Crippen LogP contribution in [0, 0.1) is 11.6 Å². The summed E-state index contributed by atoms with van der Waals surface area (Å²) in [6, 6.07) is 8.88. The number of nitrogens with two attached hydrogens (primary N) is 1. The number of hydrogen-bond acceptors (Lipinski definition) is 2. The van der Waals surface area contributed by atoms with Crippen molar-refractivity contribution in [2.75, 3.05) is 13.2 Å². The first kappa shape index (κ1) is 17.7. The molecule has 2 aromatic rings. The van der Waals surface area contributed by atoms with E-state index in [0.717, 1.165) is 24.1 Å². The third-order valence-electron chi connectivity index (χ3n) is 3.62. The highest BCUT2D eigenvalue weighted by molar-refractivity contribution is 6.32. The SMILES string of the molecule is CCCOc1ccc(CC(CN)c2cc(F)ccc2F)cc1Cl. The summed E-state index contributed by atoms with van der Waals surface area (Å²) in [7, 11) is 0. The molecule has 0 aliphatic heterocycles. The molecule has 1 unspecified atom stereocenters. The highest BCUT2D eigenvalue weighted by atomic mass is 35.5. The molecule has 0 radical (unpaired) electrons. The number of halogens is 3. The highest BCUT2D eigenvalue weighted by Crippen LogP contribution is 2.29. The van der Waals surface area contributed by atoms with E-state index in [1.165, 1.54) is 6.07 Å². The van der Waals surface area contributed by atoms with Crippen LogP contribution < -0.4 is 10.5 Å². The molecule has 0 amide bonds. The van der Waals surface area contributed by atoms with Gasteiger partial charge >= 0.3 is 0 Å². The first-order valence-electron chi connectivity index (χ1n) is 7.61. The summed E-state index contributed by atoms with van der Waals surface area (Å²) in [6.07, 6.45) is 1.37. The van der Waals surface area contributed by atoms with Crippen LogP contribution in [-0.4, -0.2) is 13.2 Å². The molecular weight excluding hydrogens is 320 g/mol. The minimum atomic E-state index is -0.471. The van der Waals surface area contributed by atoms with Gasteiger partial charge in [-0.15, -0.1) is 0 Å². The van der Waals surface area contributed by atoms with Gasteiger partial charge in [-0.2, -0.15) is 0 Å². The van der Waals surface area contributed by atoms with Crippen LogP contribution in [0.3, 0.4) is 0 Å². The molecule has 0 aliphatic rings. The number of rotatable bonds is 7. The molecule has 2 aromatic carbocycles. The van der Waals surface area contributed by atoms with Crippen molar-refractivity contribution >= 4 is 11.6 Å². The number of hydrogen-bond donors (Lipinski definition) is 1. The summed E-state index contributed by atoms with van der Waals surface area (Å²) in [5, 5.41) is 0.506. The van der Waals surface area contributed by atoms with E-state index < -0.39 is 11.6 Å². The second kappa shape index (κ2) is 8.27. The predicted octanol–water partition coefficient (Wildman–Crippen LogP) is 4.69. The molecule has 23 heavy (non-hydrogen) atoms. The van der Waals surface area contributed by atoms with E-state index in [4.69, 9.17) is 22.1 Å². The van der Waals surface area contributed by atoms with Gasteiger partial charge in [-0.1, -0.05) is 24.6 Å². The lowest BCUT2D eigenvalue weighted by Gasteiger charge is -2.17. The third kappa shape index (κ3) is 4.66. The zero-order chi connectivity index (χ0) is 16.8. The Bertz CT molecular complexity index is 663. The Morgan fingerprint density at radius 1 is 1.17 bits per heavy atom. The molecule has 0 fully saturated rings. The zero-order valence-electron chi connectivity index (χ0n) is 13.0. The minimum Gasteiger partial charge on any atom is -0.492 e. The lowest BCUT2D eigenvalue weighted by molar-refractivity contribution is 0.317. The summed E-state index contributed by atoms with van der Waals surface area (Å²) in [4.78, 5) is 0. The molecule has 0 bridgehead atoms. The Hall–Kier alpha value is -1.65. The Balaban J connectivity index is 2.18. The Morgan fingerprint density at radius 2 is 1.96 bits per heavy atom. The molecule has 1 atom stereocenters. The topological polar surface area (TPSA) is 35.2 Å². The Labute approximate surface area is 140 Å². The van der Waals surface area contributed by atoms with Gasteiger partial charge in [0.1, 0.15) is 17.4 Å². The highest BCUT2D eigenvalue weighted by Gasteiger charge is 2.17. The van der Waals surface area contributed by atoms with Gasteiger partial charge in [0.15, 0.2) is 0 Å². The molecular formula is C18H20ClF2NO. The average Bonchev–Trinajstić information content (AvgIpc) is 2.54. The monoisotopic (exact) mass is 339 g/mol. The maximum absolute atomic E-state index is 13.9. The second-order valence-electron chi connectivity index (χ2n) is 5.42. The van der Waals surface area contributed by atoms with Gasteiger partial charge in [-0.05, 0) is 60.8 Å². The van der Waals surface area contributed by atoms with Crippen LogP contribution in [0.5, 0.6) is 5.75 Å². The molecule has 2 N–H and O–H groups in total. The van der Waals surface area contributed by atoms with Gasteiger partial charge in [-0.3, -0.25) is 0 Å². The van der Waals surface area contributed by atoms with Gasteiger partial charge in [-0.25, -0.2) is 8.78 Å². The van der Waals surface area contributed by atoms with Gasteiger partial charge in [0, 0.05) is 5.92 Å². The van der Waals surface area contributed by atoms with E-state index in [1.54, 1.807) is 12.1 Å². The molecule has 0 aliphatic carbocycles. The molecule has 0 heterocycles. The normalized spacial score (nSPS) is 12.2. The van der Waals surface area contributed by atoms with Crippen LogP contribution in [0.2, 0.25) is 5.02 Å². The fourth-order valence-electron chi connectivity index (χ4n) is 2.43. The van der Waals surface area contributed by atoms with Crippen LogP contribution in [0.25, 0.3) is 0 Å². The molecule has 0 spiro atoms. The van der Waals surface area contributed by atoms with Crippen molar-refractivity contribution in [1.29, 1.82) is 0 Å². The molecule has 2 rings (SSSR count). The lowest BCUT2D eigenvalue weighted by Crippen LogP contribution is -2.16. The van der Waals surface area contributed by atoms with Crippen LogP contribution in [0.4, 0.5) is 8.78 Å². The number of benzene rings is 2. The van der Waals surface area contributed by atoms with E-state index in [1.807, 2.05) is 13.0 Å². The smallest absolute Gasteiger partial charge is 0.137 e. The van der Waals surface area contributed by atoms with Crippen LogP contribution in [0.15, 0.2) is 36.4 Å². The minimum absolute atomic E-state index is 0.214. The largest absolute Gasteiger partial charge is 0.492 e. The molecule has 2 nitrogen and oxygen atoms in total. The molecule has 5 heteroatoms. The first-order chi connectivity index (χ1) is 11.0. The fourth-order valence-corrected chi connectivity index (χ4v) is 2.69. The first-order valence-corrected chi connectivity index (χ1v) is 7.99. The Morgan fingerprint density at radius 3 is 2.61 bits per heavy atom. The molecule has 0 saturated carbocycles. The van der Waals surface area contributed by atoms with E-state index >= 15 is 0 Å². The molecule has 124 valence electrons. The number of ether oxygens (including phenoxy) is 1. The predicted molar refractivity (Wildman–Crippen MR) is 89.1 cm³/mol. The molecule has 0 saturated heterocycles. The average molecular weight is 340 g/mol. The van der Waals surface area contributed by atoms with Crippen molar-refractivity contribution in [2.45, 2.75) is 25.7 Å². The summed E-state index contributed by atoms with van der Waals surface area (Å²) in [5.41, 5.74) is 6.95. The van der Waals surface area contributed by atoms with E-state index in [-0.39, 0.29) is 18.0 Å². The van der Waals surface area contributed by atoms with Gasteiger partial charge in [0.05, 0.1) is 11.6 Å². The third-order valence-corrected chi connectivity index (χ3v) is 3.92.